The van der Waals surface area contributed by atoms with Gasteiger partial charge in [-0.05, 0) is 19.3 Å². The van der Waals surface area contributed by atoms with Crippen LogP contribution in [-0.4, -0.2) is 35.7 Å². The average Bonchev–Trinajstić information content (AvgIpc) is 2.26. The van der Waals surface area contributed by atoms with E-state index in [2.05, 4.69) is 41.9 Å². The lowest BCUT2D eigenvalue weighted by Crippen LogP contribution is -2.42. The number of unbranched alkanes of at least 4 members (excludes halogenated alkanes) is 1. The molecule has 0 spiro atoms. The molecule has 0 saturated heterocycles. The summed E-state index contributed by atoms with van der Waals surface area (Å²) in [5, 5.41) is 3.69. The summed E-state index contributed by atoms with van der Waals surface area (Å²) in [6.07, 6.45) is 2.45. The largest absolute Gasteiger partial charge is 0.467 e. The molecular formula is C9H15Br2NO3. The number of hydrogen-bond donors (Lipinski definition) is 1. The molecule has 0 rings (SSSR count). The number of carbonyl (C=O) groups is 2. The summed E-state index contributed by atoms with van der Waals surface area (Å²) >= 11 is 6.33. The molecule has 0 saturated carbocycles. The van der Waals surface area contributed by atoms with E-state index in [1.165, 1.54) is 7.11 Å². The predicted molar refractivity (Wildman–Crippen MR) is 65.4 cm³/mol. The Kier molecular flexibility index (Phi) is 9.09. The molecular weight excluding hydrogens is 330 g/mol. The molecule has 0 aromatic heterocycles. The minimum absolute atomic E-state index is 0.193. The van der Waals surface area contributed by atoms with Gasteiger partial charge in [0.1, 0.15) is 6.04 Å². The van der Waals surface area contributed by atoms with Crippen molar-refractivity contribution in [2.45, 2.75) is 25.3 Å². The van der Waals surface area contributed by atoms with Crippen LogP contribution in [0.3, 0.4) is 0 Å². The Morgan fingerprint density at radius 3 is 2.47 bits per heavy atom. The Morgan fingerprint density at radius 2 is 2.00 bits per heavy atom. The van der Waals surface area contributed by atoms with Crippen molar-refractivity contribution in [3.63, 3.8) is 0 Å². The second-order valence-electron chi connectivity index (χ2n) is 2.96. The van der Waals surface area contributed by atoms with Crippen molar-refractivity contribution in [2.24, 2.45) is 0 Å². The summed E-state index contributed by atoms with van der Waals surface area (Å²) < 4.78 is 4.61. The Hall–Kier alpha value is -0.100. The van der Waals surface area contributed by atoms with Gasteiger partial charge >= 0.3 is 5.97 Å². The number of carbonyl (C=O) groups excluding carboxylic acids is 2. The molecule has 0 aliphatic carbocycles. The van der Waals surface area contributed by atoms with Crippen LogP contribution < -0.4 is 5.32 Å². The van der Waals surface area contributed by atoms with Gasteiger partial charge in [0.15, 0.2) is 0 Å². The summed E-state index contributed by atoms with van der Waals surface area (Å²) in [4.78, 5) is 22.4. The third kappa shape index (κ3) is 6.89. The first-order valence-electron chi connectivity index (χ1n) is 4.64. The van der Waals surface area contributed by atoms with Crippen molar-refractivity contribution in [3.05, 3.63) is 0 Å². The summed E-state index contributed by atoms with van der Waals surface area (Å²) in [6.45, 7) is 0. The highest BCUT2D eigenvalue weighted by atomic mass is 79.9. The van der Waals surface area contributed by atoms with E-state index in [4.69, 9.17) is 0 Å². The first-order valence-corrected chi connectivity index (χ1v) is 6.89. The lowest BCUT2D eigenvalue weighted by Gasteiger charge is -2.15. The first-order chi connectivity index (χ1) is 7.15. The Labute approximate surface area is 106 Å². The number of alkyl halides is 2. The van der Waals surface area contributed by atoms with Gasteiger partial charge in [-0.25, -0.2) is 4.79 Å². The molecule has 1 amide bonds. The Bertz CT molecular complexity index is 212. The van der Waals surface area contributed by atoms with E-state index in [0.29, 0.717) is 6.42 Å². The molecule has 15 heavy (non-hydrogen) atoms. The number of halogens is 2. The molecule has 1 N–H and O–H groups in total. The van der Waals surface area contributed by atoms with Crippen LogP contribution in [0.15, 0.2) is 0 Å². The molecule has 0 aromatic carbocycles. The van der Waals surface area contributed by atoms with Crippen LogP contribution in [0, 0.1) is 0 Å². The fourth-order valence-electron chi connectivity index (χ4n) is 1.07. The maximum Gasteiger partial charge on any atom is 0.328 e. The van der Waals surface area contributed by atoms with Crippen molar-refractivity contribution in [1.82, 2.24) is 5.32 Å². The zero-order valence-corrected chi connectivity index (χ0v) is 11.8. The van der Waals surface area contributed by atoms with E-state index < -0.39 is 6.04 Å². The number of hydrogen-bond acceptors (Lipinski definition) is 3. The number of esters is 1. The van der Waals surface area contributed by atoms with Crippen LogP contribution in [0.4, 0.5) is 0 Å². The predicted octanol–water partition coefficient (Wildman–Crippen LogP) is 1.60. The SMILES string of the molecule is COC(=O)C(CCCCBr)NC(=O)CBr. The van der Waals surface area contributed by atoms with E-state index in [1.54, 1.807) is 0 Å². The summed E-state index contributed by atoms with van der Waals surface area (Å²) in [5.74, 6) is -0.594. The van der Waals surface area contributed by atoms with Gasteiger partial charge in [-0.15, -0.1) is 0 Å². The minimum atomic E-state index is -0.529. The van der Waals surface area contributed by atoms with E-state index in [1.807, 2.05) is 0 Å². The van der Waals surface area contributed by atoms with Crippen LogP contribution in [0.2, 0.25) is 0 Å². The Morgan fingerprint density at radius 1 is 1.33 bits per heavy atom. The van der Waals surface area contributed by atoms with Crippen molar-refractivity contribution in [3.8, 4) is 0 Å². The molecule has 0 aliphatic rings. The van der Waals surface area contributed by atoms with Crippen LogP contribution in [-0.2, 0) is 14.3 Å². The highest BCUT2D eigenvalue weighted by Gasteiger charge is 2.20. The van der Waals surface area contributed by atoms with Gasteiger partial charge in [-0.2, -0.15) is 0 Å². The van der Waals surface area contributed by atoms with Gasteiger partial charge in [0, 0.05) is 5.33 Å². The van der Waals surface area contributed by atoms with Crippen molar-refractivity contribution >= 4 is 43.7 Å². The second kappa shape index (κ2) is 9.15. The number of ether oxygens (including phenoxy) is 1. The van der Waals surface area contributed by atoms with Crippen LogP contribution in [0.1, 0.15) is 19.3 Å². The molecule has 88 valence electrons. The number of amides is 1. The second-order valence-corrected chi connectivity index (χ2v) is 4.32. The molecule has 6 heteroatoms. The molecule has 0 fully saturated rings. The fourth-order valence-corrected chi connectivity index (χ4v) is 1.63. The van der Waals surface area contributed by atoms with E-state index in [-0.39, 0.29) is 17.2 Å². The standard InChI is InChI=1S/C9H15Br2NO3/c1-15-9(14)7(4-2-3-5-10)12-8(13)6-11/h7H,2-6H2,1H3,(H,12,13). The van der Waals surface area contributed by atoms with E-state index in [9.17, 15) is 9.59 Å². The number of methoxy groups -OCH3 is 1. The minimum Gasteiger partial charge on any atom is -0.467 e. The molecule has 0 heterocycles. The summed E-state index contributed by atoms with van der Waals surface area (Å²) in [7, 11) is 1.32. The normalized spacial score (nSPS) is 11.9. The zero-order chi connectivity index (χ0) is 11.7. The molecule has 1 unspecified atom stereocenters. The lowest BCUT2D eigenvalue weighted by molar-refractivity contribution is -0.145. The van der Waals surface area contributed by atoms with Gasteiger partial charge in [-0.3, -0.25) is 4.79 Å². The molecule has 0 radical (unpaired) electrons. The summed E-state index contributed by atoms with van der Waals surface area (Å²) in [6, 6.07) is -0.529. The van der Waals surface area contributed by atoms with Gasteiger partial charge in [-0.1, -0.05) is 31.9 Å². The number of rotatable bonds is 7. The van der Waals surface area contributed by atoms with Crippen molar-refractivity contribution in [1.29, 1.82) is 0 Å². The van der Waals surface area contributed by atoms with Gasteiger partial charge in [0.05, 0.1) is 12.4 Å². The number of nitrogens with one attached hydrogen (secondary N) is 1. The fraction of sp³-hybridized carbons (Fsp3) is 0.778. The molecule has 0 aromatic rings. The first kappa shape index (κ1) is 14.9. The highest BCUT2D eigenvalue weighted by molar-refractivity contribution is 9.09. The molecule has 0 bridgehead atoms. The third-order valence-electron chi connectivity index (χ3n) is 1.82. The van der Waals surface area contributed by atoms with E-state index >= 15 is 0 Å². The van der Waals surface area contributed by atoms with Crippen LogP contribution in [0.25, 0.3) is 0 Å². The topological polar surface area (TPSA) is 55.4 Å². The molecule has 4 nitrogen and oxygen atoms in total. The van der Waals surface area contributed by atoms with Crippen LogP contribution >= 0.6 is 31.9 Å². The highest BCUT2D eigenvalue weighted by Crippen LogP contribution is 2.04. The van der Waals surface area contributed by atoms with Crippen LogP contribution in [0.5, 0.6) is 0 Å². The van der Waals surface area contributed by atoms with Crippen molar-refractivity contribution < 1.29 is 14.3 Å². The maximum atomic E-state index is 11.3. The van der Waals surface area contributed by atoms with Gasteiger partial charge in [0.25, 0.3) is 0 Å². The van der Waals surface area contributed by atoms with E-state index in [0.717, 1.165) is 18.2 Å². The third-order valence-corrected chi connectivity index (χ3v) is 2.89. The Balaban J connectivity index is 4.06. The smallest absolute Gasteiger partial charge is 0.328 e. The maximum absolute atomic E-state index is 11.3. The average molecular weight is 345 g/mol. The lowest BCUT2D eigenvalue weighted by atomic mass is 10.1. The van der Waals surface area contributed by atoms with Gasteiger partial charge in [0.2, 0.25) is 5.91 Å². The molecule has 1 atom stereocenters. The van der Waals surface area contributed by atoms with Crippen molar-refractivity contribution in [2.75, 3.05) is 17.8 Å². The summed E-state index contributed by atoms with van der Waals surface area (Å²) in [5.41, 5.74) is 0. The van der Waals surface area contributed by atoms with Gasteiger partial charge < -0.3 is 10.1 Å². The monoisotopic (exact) mass is 343 g/mol. The quantitative estimate of drug-likeness (QED) is 0.433. The molecule has 0 aliphatic heterocycles. The zero-order valence-electron chi connectivity index (χ0n) is 8.59.